The van der Waals surface area contributed by atoms with Crippen LogP contribution in [-0.2, 0) is 28.2 Å². The van der Waals surface area contributed by atoms with E-state index < -0.39 is 39.1 Å². The number of carbonyl (C=O) groups is 2. The van der Waals surface area contributed by atoms with Crippen LogP contribution in [0.3, 0.4) is 0 Å². The highest BCUT2D eigenvalue weighted by molar-refractivity contribution is 7.46. The van der Waals surface area contributed by atoms with Gasteiger partial charge in [-0.3, -0.25) is 9.32 Å². The van der Waals surface area contributed by atoms with E-state index in [-0.39, 0.29) is 6.42 Å². The van der Waals surface area contributed by atoms with Gasteiger partial charge in [0.25, 0.3) is 0 Å². The molecule has 2 N–H and O–H groups in total. The predicted molar refractivity (Wildman–Crippen MR) is 135 cm³/mol. The molecule has 0 aliphatic rings. The number of esters is 2. The molecule has 9 heteroatoms. The fraction of sp³-hybridized carbons (Fsp3) is 0.556. The highest BCUT2D eigenvalue weighted by Gasteiger charge is 2.22. The minimum Gasteiger partial charge on any atom is -0.456 e. The molecule has 0 saturated heterocycles. The number of carbonyl (C=O) groups excluding carboxylic acids is 2. The van der Waals surface area contributed by atoms with Gasteiger partial charge in [-0.15, -0.1) is 0 Å². The average Bonchev–Trinajstić information content (AvgIpc) is 2.83. The normalized spacial score (nSPS) is 10.2. The Bertz CT molecular complexity index is 1030. The first kappa shape index (κ1) is 32.9. The Morgan fingerprint density at radius 3 is 1.86 bits per heavy atom. The summed E-state index contributed by atoms with van der Waals surface area (Å²) < 4.78 is 25.4. The van der Waals surface area contributed by atoms with E-state index >= 15 is 0 Å². The van der Waals surface area contributed by atoms with Crippen LogP contribution in [0.2, 0.25) is 0 Å². The second kappa shape index (κ2) is 22.3. The van der Waals surface area contributed by atoms with Gasteiger partial charge >= 0.3 is 19.8 Å². The predicted octanol–water partition coefficient (Wildman–Crippen LogP) is 3.51. The van der Waals surface area contributed by atoms with Crippen molar-refractivity contribution >= 4 is 19.8 Å². The first-order valence-electron chi connectivity index (χ1n) is 11.8. The second-order valence-electron chi connectivity index (χ2n) is 7.45. The van der Waals surface area contributed by atoms with Crippen LogP contribution in [0.15, 0.2) is 0 Å². The summed E-state index contributed by atoms with van der Waals surface area (Å²) in [6, 6.07) is 0. The third-order valence-electron chi connectivity index (χ3n) is 4.34. The van der Waals surface area contributed by atoms with E-state index in [0.717, 1.165) is 19.3 Å². The average molecular weight is 517 g/mol. The number of ether oxygens (including phenoxy) is 2. The van der Waals surface area contributed by atoms with E-state index in [1.54, 1.807) is 6.92 Å². The molecule has 8 nitrogen and oxygen atoms in total. The molecule has 0 rings (SSSR count). The lowest BCUT2D eigenvalue weighted by Gasteiger charge is -2.17. The molecule has 0 aliphatic heterocycles. The van der Waals surface area contributed by atoms with Gasteiger partial charge in [-0.05, 0) is 60.7 Å². The Labute approximate surface area is 214 Å². The monoisotopic (exact) mass is 516 g/mol. The van der Waals surface area contributed by atoms with Crippen molar-refractivity contribution in [1.82, 2.24) is 0 Å². The van der Waals surface area contributed by atoms with Crippen LogP contribution in [-0.4, -0.2) is 41.0 Å². The number of phosphoric ester groups is 1. The van der Waals surface area contributed by atoms with Crippen molar-refractivity contribution in [2.75, 3.05) is 13.2 Å². The standard InChI is InChI=1S/C27H33O8P/c1-3-5-7-9-11-13-15-17-19-21-26(28)33-23-25(24-34-36(30,31)32)35-27(29)22-20-18-16-14-12-10-8-6-4-2/h25H,4,6,8,10,12,14,16,18,20,22-24H2,1-2H3,(H2,30,31,32)/t25-/m1/s1. The van der Waals surface area contributed by atoms with Crippen molar-refractivity contribution in [2.45, 2.75) is 84.2 Å². The van der Waals surface area contributed by atoms with Gasteiger partial charge in [-0.2, -0.15) is 0 Å². The number of unbranched alkanes of at least 4 members (excludes halogenated alkanes) is 8. The van der Waals surface area contributed by atoms with E-state index in [1.165, 1.54) is 32.1 Å². The van der Waals surface area contributed by atoms with Crippen molar-refractivity contribution < 1.29 is 37.9 Å². The fourth-order valence-corrected chi connectivity index (χ4v) is 3.02. The number of hydrogen-bond donors (Lipinski definition) is 2. The van der Waals surface area contributed by atoms with Gasteiger partial charge in [0, 0.05) is 12.3 Å². The van der Waals surface area contributed by atoms with Crippen LogP contribution in [0.1, 0.15) is 78.1 Å². The Balaban J connectivity index is 4.50. The van der Waals surface area contributed by atoms with E-state index in [4.69, 9.17) is 19.3 Å². The zero-order valence-corrected chi connectivity index (χ0v) is 21.7. The molecule has 0 aromatic rings. The lowest BCUT2D eigenvalue weighted by Crippen LogP contribution is -2.29. The van der Waals surface area contributed by atoms with Crippen molar-refractivity contribution in [2.24, 2.45) is 0 Å². The van der Waals surface area contributed by atoms with E-state index in [2.05, 4.69) is 70.7 Å². The number of rotatable bonds is 16. The molecule has 0 aliphatic carbocycles. The quantitative estimate of drug-likeness (QED) is 0.105. The van der Waals surface area contributed by atoms with Crippen molar-refractivity contribution in [3.8, 4) is 59.2 Å². The highest BCUT2D eigenvalue weighted by Crippen LogP contribution is 2.35. The Morgan fingerprint density at radius 1 is 0.778 bits per heavy atom. The summed E-state index contributed by atoms with van der Waals surface area (Å²) in [5.41, 5.74) is 0. The summed E-state index contributed by atoms with van der Waals surface area (Å²) in [5, 5.41) is 0. The lowest BCUT2D eigenvalue weighted by atomic mass is 10.1. The van der Waals surface area contributed by atoms with Crippen molar-refractivity contribution in [3.63, 3.8) is 0 Å². The van der Waals surface area contributed by atoms with E-state index in [9.17, 15) is 14.2 Å². The molecule has 36 heavy (non-hydrogen) atoms. The van der Waals surface area contributed by atoms with Crippen LogP contribution in [0.4, 0.5) is 0 Å². The summed E-state index contributed by atoms with van der Waals surface area (Å²) in [4.78, 5) is 41.6. The van der Waals surface area contributed by atoms with Gasteiger partial charge in [-0.25, -0.2) is 9.36 Å². The summed E-state index contributed by atoms with van der Waals surface area (Å²) >= 11 is 0. The molecule has 0 unspecified atom stereocenters. The maximum Gasteiger partial charge on any atom is 0.469 e. The zero-order chi connectivity index (χ0) is 26.9. The summed E-state index contributed by atoms with van der Waals surface area (Å²) in [7, 11) is -4.80. The molecule has 1 atom stereocenters. The van der Waals surface area contributed by atoms with Gasteiger partial charge in [0.15, 0.2) is 6.10 Å². The molecule has 0 heterocycles. The van der Waals surface area contributed by atoms with Crippen LogP contribution in [0.25, 0.3) is 0 Å². The molecule has 194 valence electrons. The summed E-state index contributed by atoms with van der Waals surface area (Å²) in [6.45, 7) is 2.69. The smallest absolute Gasteiger partial charge is 0.456 e. The van der Waals surface area contributed by atoms with Crippen LogP contribution in [0.5, 0.6) is 0 Å². The Kier molecular flexibility index (Phi) is 20.4. The molecule has 0 radical (unpaired) electrons. The highest BCUT2D eigenvalue weighted by atomic mass is 31.2. The minimum absolute atomic E-state index is 0.141. The first-order valence-corrected chi connectivity index (χ1v) is 13.3. The van der Waals surface area contributed by atoms with Gasteiger partial charge < -0.3 is 19.3 Å². The zero-order valence-electron chi connectivity index (χ0n) is 20.9. The lowest BCUT2D eigenvalue weighted by molar-refractivity contribution is -0.158. The van der Waals surface area contributed by atoms with Gasteiger partial charge in [0.05, 0.1) is 6.61 Å². The molecule has 0 amide bonds. The minimum atomic E-state index is -4.80. The van der Waals surface area contributed by atoms with Gasteiger partial charge in [0.2, 0.25) is 0 Å². The summed E-state index contributed by atoms with van der Waals surface area (Å²) in [6.07, 6.45) is 8.73. The molecule has 0 fully saturated rings. The van der Waals surface area contributed by atoms with Crippen LogP contribution in [0, 0.1) is 59.2 Å². The first-order chi connectivity index (χ1) is 17.3. The van der Waals surface area contributed by atoms with E-state index in [0.29, 0.717) is 6.42 Å². The Hall–Kier alpha value is -3.15. The molecule has 0 aromatic heterocycles. The molecule has 0 saturated carbocycles. The number of phosphoric acid groups is 1. The molecular formula is C27H33O8P. The van der Waals surface area contributed by atoms with Crippen molar-refractivity contribution in [1.29, 1.82) is 0 Å². The maximum absolute atomic E-state index is 12.1. The molecule has 0 aromatic carbocycles. The van der Waals surface area contributed by atoms with E-state index in [1.807, 2.05) is 0 Å². The van der Waals surface area contributed by atoms with Crippen LogP contribution < -0.4 is 0 Å². The molecular weight excluding hydrogens is 483 g/mol. The third kappa shape index (κ3) is 24.0. The van der Waals surface area contributed by atoms with Crippen molar-refractivity contribution in [3.05, 3.63) is 0 Å². The number of hydrogen-bond acceptors (Lipinski definition) is 6. The second-order valence-corrected chi connectivity index (χ2v) is 8.69. The SMILES string of the molecule is CC#CC#CC#CC#CC#CC(=O)OC[C@H](COP(=O)(O)O)OC(=O)CCCCCCCCCCC. The molecule has 0 bridgehead atoms. The topological polar surface area (TPSA) is 119 Å². The Morgan fingerprint density at radius 2 is 1.31 bits per heavy atom. The fourth-order valence-electron chi connectivity index (χ4n) is 2.66. The van der Waals surface area contributed by atoms with Gasteiger partial charge in [0.1, 0.15) is 6.61 Å². The maximum atomic E-state index is 12.1. The largest absolute Gasteiger partial charge is 0.469 e. The molecule has 0 spiro atoms. The van der Waals surface area contributed by atoms with Crippen LogP contribution >= 0.6 is 7.82 Å². The summed E-state index contributed by atoms with van der Waals surface area (Å²) in [5.74, 6) is 22.3. The third-order valence-corrected chi connectivity index (χ3v) is 4.82. The van der Waals surface area contributed by atoms with Gasteiger partial charge in [-0.1, -0.05) is 64.2 Å².